The molecule has 7 heteroatoms. The van der Waals surface area contributed by atoms with Gasteiger partial charge in [0.15, 0.2) is 0 Å². The molecule has 2 aromatic heterocycles. The molecule has 0 saturated heterocycles. The van der Waals surface area contributed by atoms with Crippen LogP contribution < -0.4 is 0 Å². The van der Waals surface area contributed by atoms with Crippen molar-refractivity contribution in [1.82, 2.24) is 4.57 Å². The topological polar surface area (TPSA) is 79.5 Å². The van der Waals surface area contributed by atoms with Crippen molar-refractivity contribution in [2.45, 2.75) is 13.3 Å². The second-order valence-electron chi connectivity index (χ2n) is 5.11. The third kappa shape index (κ3) is 2.60. The summed E-state index contributed by atoms with van der Waals surface area (Å²) < 4.78 is 1.45. The Morgan fingerprint density at radius 1 is 1.35 bits per heavy atom. The summed E-state index contributed by atoms with van der Waals surface area (Å²) in [6, 6.07) is 4.59. The summed E-state index contributed by atoms with van der Waals surface area (Å²) in [5.74, 6) is -1.41. The van der Waals surface area contributed by atoms with E-state index in [4.69, 9.17) is 16.7 Å². The molecule has 0 radical (unpaired) electrons. The third-order valence-electron chi connectivity index (χ3n) is 3.70. The van der Waals surface area contributed by atoms with Crippen molar-refractivity contribution < 1.29 is 19.8 Å². The average Bonchev–Trinajstić information content (AvgIpc) is 3.09. The number of carbonyl (C=O) groups is 2. The number of carboxylic acid groups (broad SMARTS) is 1. The molecule has 0 aliphatic carbocycles. The lowest BCUT2D eigenvalue weighted by Crippen LogP contribution is -2.13. The number of halogens is 1. The minimum atomic E-state index is -1.01. The fraction of sp³-hybridized carbons (Fsp3) is 0.125. The summed E-state index contributed by atoms with van der Waals surface area (Å²) in [6.07, 6.45) is -0.243. The Bertz CT molecular complexity index is 928. The van der Waals surface area contributed by atoms with Gasteiger partial charge in [0.25, 0.3) is 5.91 Å². The maximum Gasteiger partial charge on any atom is 0.307 e. The summed E-state index contributed by atoms with van der Waals surface area (Å²) in [5, 5.41) is 23.1. The van der Waals surface area contributed by atoms with E-state index in [-0.39, 0.29) is 23.1 Å². The molecule has 2 N–H and O–H groups in total. The minimum Gasteiger partial charge on any atom is -0.506 e. The molecule has 3 aromatic rings. The van der Waals surface area contributed by atoms with Crippen molar-refractivity contribution >= 4 is 45.7 Å². The zero-order valence-corrected chi connectivity index (χ0v) is 13.6. The Balaban J connectivity index is 2.32. The van der Waals surface area contributed by atoms with Crippen molar-refractivity contribution in [2.24, 2.45) is 0 Å². The monoisotopic (exact) mass is 349 g/mol. The normalized spacial score (nSPS) is 11.0. The number of thiophene rings is 1. The van der Waals surface area contributed by atoms with Crippen LogP contribution in [0.5, 0.6) is 5.75 Å². The number of fused-ring (bicyclic) bond motifs is 1. The number of carboxylic acids is 1. The molecule has 0 bridgehead atoms. The lowest BCUT2D eigenvalue weighted by atomic mass is 10.1. The molecule has 0 aliphatic heterocycles. The number of aromatic hydroxyl groups is 1. The molecule has 0 fully saturated rings. The van der Waals surface area contributed by atoms with Gasteiger partial charge in [0.1, 0.15) is 5.75 Å². The van der Waals surface area contributed by atoms with Gasteiger partial charge in [-0.3, -0.25) is 14.2 Å². The molecule has 2 heterocycles. The highest BCUT2D eigenvalue weighted by molar-refractivity contribution is 7.08. The zero-order valence-electron chi connectivity index (χ0n) is 12.0. The average molecular weight is 350 g/mol. The van der Waals surface area contributed by atoms with Crippen LogP contribution in [0, 0.1) is 6.92 Å². The second kappa shape index (κ2) is 5.72. The number of phenolic OH excluding ortho intramolecular Hbond substituents is 1. The molecular weight excluding hydrogens is 338 g/mol. The Labute approximate surface area is 140 Å². The minimum absolute atomic E-state index is 0.108. The number of aromatic nitrogens is 1. The Hall–Kier alpha value is -2.31. The summed E-state index contributed by atoms with van der Waals surface area (Å²) >= 11 is 7.37. The van der Waals surface area contributed by atoms with Gasteiger partial charge in [-0.15, -0.1) is 0 Å². The van der Waals surface area contributed by atoms with E-state index >= 15 is 0 Å². The van der Waals surface area contributed by atoms with Gasteiger partial charge in [0.05, 0.1) is 22.5 Å². The first-order chi connectivity index (χ1) is 10.9. The quantitative estimate of drug-likeness (QED) is 0.755. The molecule has 0 amide bonds. The predicted molar refractivity (Wildman–Crippen MR) is 88.7 cm³/mol. The maximum atomic E-state index is 12.8. The first-order valence-electron chi connectivity index (χ1n) is 6.71. The van der Waals surface area contributed by atoms with Gasteiger partial charge in [-0.1, -0.05) is 11.6 Å². The molecule has 23 heavy (non-hydrogen) atoms. The molecule has 0 spiro atoms. The van der Waals surface area contributed by atoms with Crippen LogP contribution in [0.25, 0.3) is 10.9 Å². The van der Waals surface area contributed by atoms with E-state index in [1.807, 2.05) is 0 Å². The van der Waals surface area contributed by atoms with E-state index in [9.17, 15) is 14.7 Å². The summed E-state index contributed by atoms with van der Waals surface area (Å²) in [6.45, 7) is 1.69. The number of rotatable bonds is 3. The highest BCUT2D eigenvalue weighted by atomic mass is 35.5. The third-order valence-corrected chi connectivity index (χ3v) is 4.69. The van der Waals surface area contributed by atoms with Gasteiger partial charge in [0.2, 0.25) is 0 Å². The lowest BCUT2D eigenvalue weighted by Gasteiger charge is -2.06. The Kier molecular flexibility index (Phi) is 3.87. The maximum absolute atomic E-state index is 12.8. The fourth-order valence-electron chi connectivity index (χ4n) is 2.64. The van der Waals surface area contributed by atoms with Crippen LogP contribution in [0.4, 0.5) is 0 Å². The highest BCUT2D eigenvalue weighted by Crippen LogP contribution is 2.35. The number of phenols is 1. The van der Waals surface area contributed by atoms with Crippen LogP contribution in [0.3, 0.4) is 0 Å². The molecule has 0 unspecified atom stereocenters. The first kappa shape index (κ1) is 15.6. The number of carbonyl (C=O) groups excluding carboxylic acids is 1. The van der Waals surface area contributed by atoms with Gasteiger partial charge >= 0.3 is 5.97 Å². The predicted octanol–water partition coefficient (Wildman–Crippen LogP) is 3.69. The number of aliphatic carboxylic acids is 1. The Morgan fingerprint density at radius 2 is 2.09 bits per heavy atom. The Morgan fingerprint density at radius 3 is 2.70 bits per heavy atom. The molecule has 118 valence electrons. The van der Waals surface area contributed by atoms with Gasteiger partial charge in [-0.25, -0.2) is 0 Å². The molecular formula is C16H12ClNO4S. The highest BCUT2D eigenvalue weighted by Gasteiger charge is 2.22. The van der Waals surface area contributed by atoms with E-state index in [0.29, 0.717) is 27.7 Å². The van der Waals surface area contributed by atoms with Gasteiger partial charge < -0.3 is 10.2 Å². The van der Waals surface area contributed by atoms with E-state index in [1.165, 1.54) is 28.0 Å². The number of nitrogens with zero attached hydrogens (tertiary/aromatic N) is 1. The number of hydrogen-bond acceptors (Lipinski definition) is 4. The summed E-state index contributed by atoms with van der Waals surface area (Å²) in [4.78, 5) is 23.9. The SMILES string of the molecule is Cc1c(CC(=O)O)c2cc(O)c(Cl)cc2n1C(=O)c1ccsc1. The molecule has 0 aliphatic rings. The van der Waals surface area contributed by atoms with Gasteiger partial charge in [0, 0.05) is 16.5 Å². The second-order valence-corrected chi connectivity index (χ2v) is 6.30. The molecule has 1 aromatic carbocycles. The van der Waals surface area contributed by atoms with Gasteiger partial charge in [-0.05, 0) is 36.1 Å². The lowest BCUT2D eigenvalue weighted by molar-refractivity contribution is -0.136. The fourth-order valence-corrected chi connectivity index (χ4v) is 3.43. The smallest absolute Gasteiger partial charge is 0.307 e. The van der Waals surface area contributed by atoms with E-state index in [0.717, 1.165) is 0 Å². The summed E-state index contributed by atoms with van der Waals surface area (Å²) in [5.41, 5.74) is 2.02. The van der Waals surface area contributed by atoms with Crippen LogP contribution >= 0.6 is 22.9 Å². The van der Waals surface area contributed by atoms with Crippen molar-refractivity contribution in [1.29, 1.82) is 0 Å². The van der Waals surface area contributed by atoms with Crippen LogP contribution in [0.15, 0.2) is 29.0 Å². The van der Waals surface area contributed by atoms with Crippen molar-refractivity contribution in [3.63, 3.8) is 0 Å². The van der Waals surface area contributed by atoms with Crippen LogP contribution in [0.1, 0.15) is 21.6 Å². The zero-order chi connectivity index (χ0) is 16.7. The van der Waals surface area contributed by atoms with E-state index < -0.39 is 5.97 Å². The first-order valence-corrected chi connectivity index (χ1v) is 8.03. The molecule has 5 nitrogen and oxygen atoms in total. The summed E-state index contributed by atoms with van der Waals surface area (Å²) in [7, 11) is 0. The number of benzene rings is 1. The molecule has 3 rings (SSSR count). The van der Waals surface area contributed by atoms with Crippen molar-refractivity contribution in [2.75, 3.05) is 0 Å². The van der Waals surface area contributed by atoms with E-state index in [1.54, 1.807) is 23.8 Å². The van der Waals surface area contributed by atoms with Crippen molar-refractivity contribution in [3.8, 4) is 5.75 Å². The number of hydrogen-bond donors (Lipinski definition) is 2. The molecule has 0 atom stereocenters. The largest absolute Gasteiger partial charge is 0.506 e. The van der Waals surface area contributed by atoms with Crippen LogP contribution in [-0.4, -0.2) is 26.7 Å². The standard InChI is InChI=1S/C16H12ClNO4S/c1-8-10(5-15(20)21)11-4-14(19)12(17)6-13(11)18(8)16(22)9-2-3-23-7-9/h2-4,6-7,19H,5H2,1H3,(H,20,21). The van der Waals surface area contributed by atoms with Crippen LogP contribution in [-0.2, 0) is 11.2 Å². The molecule has 0 saturated carbocycles. The van der Waals surface area contributed by atoms with Gasteiger partial charge in [-0.2, -0.15) is 11.3 Å². The van der Waals surface area contributed by atoms with E-state index in [2.05, 4.69) is 0 Å². The van der Waals surface area contributed by atoms with Crippen LogP contribution in [0.2, 0.25) is 5.02 Å². The van der Waals surface area contributed by atoms with Crippen molar-refractivity contribution in [3.05, 3.63) is 50.8 Å².